The minimum Gasteiger partial charge on any atom is -0.254 e. The summed E-state index contributed by atoms with van der Waals surface area (Å²) in [6.07, 6.45) is 0. The number of hydrogen-bond donors (Lipinski definition) is 0. The van der Waals surface area contributed by atoms with Crippen LogP contribution >= 0.6 is 12.4 Å². The molecular weight excluding hydrogens is 103 g/mol. The lowest BCUT2D eigenvalue weighted by Crippen LogP contribution is -1.76. The number of rotatable bonds is 0. The van der Waals surface area contributed by atoms with Crippen molar-refractivity contribution in [2.24, 2.45) is 0 Å². The van der Waals surface area contributed by atoms with Crippen molar-refractivity contribution in [3.05, 3.63) is 0 Å². The van der Waals surface area contributed by atoms with E-state index >= 15 is 0 Å². The van der Waals surface area contributed by atoms with E-state index < -0.39 is 7.54 Å². The van der Waals surface area contributed by atoms with E-state index in [4.69, 9.17) is 0 Å². The quantitative estimate of drug-likeness (QED) is 0.406. The Labute approximate surface area is 34.0 Å². The Balaban J connectivity index is 0. The van der Waals surface area contributed by atoms with Crippen LogP contribution in [0.1, 0.15) is 0 Å². The zero-order valence-electron chi connectivity index (χ0n) is 2.12. The Morgan fingerprint density at radius 1 is 1.00 bits per heavy atom. The Kier molecular flexibility index (Phi) is 7.41. The lowest BCUT2D eigenvalue weighted by Gasteiger charge is -1.55. The van der Waals surface area contributed by atoms with E-state index in [1.165, 1.54) is 0 Å². The van der Waals surface area contributed by atoms with E-state index in [0.717, 1.165) is 0 Å². The maximum atomic E-state index is 9.67. The highest BCUT2D eigenvalue weighted by atomic mass is 35.5. The zero-order valence-corrected chi connectivity index (χ0v) is 2.94. The molecule has 0 N–H and O–H groups in total. The Morgan fingerprint density at radius 2 is 1.00 bits per heavy atom. The third kappa shape index (κ3) is 908. The Morgan fingerprint density at radius 3 is 1.00 bits per heavy atom. The van der Waals surface area contributed by atoms with Gasteiger partial charge in [-0.3, -0.25) is 12.9 Å². The van der Waals surface area contributed by atoms with Crippen molar-refractivity contribution in [3.8, 4) is 0 Å². The first-order valence-corrected chi connectivity index (χ1v) is 0.655. The molecule has 0 atom stereocenters. The van der Waals surface area contributed by atoms with Gasteiger partial charge in [0.15, 0.2) is 0 Å². The highest BCUT2D eigenvalue weighted by Gasteiger charge is 2.06. The van der Waals surface area contributed by atoms with Crippen LogP contribution in [-0.2, 0) is 0 Å². The summed E-state index contributed by atoms with van der Waals surface area (Å²) >= 11 is 0. The molecule has 0 heterocycles. The molecule has 0 radical (unpaired) electrons. The second-order valence-electron chi connectivity index (χ2n) is 0.247. The van der Waals surface area contributed by atoms with Crippen LogP contribution in [0.2, 0.25) is 0 Å². The van der Waals surface area contributed by atoms with Crippen molar-refractivity contribution in [2.75, 3.05) is 0 Å². The molecule has 0 aromatic carbocycles. The molecule has 0 aromatic rings. The van der Waals surface area contributed by atoms with E-state index in [0.29, 0.717) is 0 Å². The molecule has 0 unspecified atom stereocenters. The topological polar surface area (TPSA) is 0 Å². The van der Waals surface area contributed by atoms with Crippen molar-refractivity contribution in [1.82, 2.24) is 0 Å². The summed E-state index contributed by atoms with van der Waals surface area (Å²) in [5.41, 5.74) is 0. The van der Waals surface area contributed by atoms with Gasteiger partial charge in [-0.2, -0.15) is 0 Å². The fraction of sp³-hybridized carbons (Fsp3) is 0. The number of hydrogen-bond acceptors (Lipinski definition) is 0. The first-order chi connectivity index (χ1) is 1.73. The van der Waals surface area contributed by atoms with Crippen molar-refractivity contribution in [3.63, 3.8) is 0 Å². The van der Waals surface area contributed by atoms with Crippen LogP contribution in [0, 0.1) is 0 Å². The summed E-state index contributed by atoms with van der Waals surface area (Å²) in [4.78, 5) is 0. The molecule has 0 spiro atoms. The maximum absolute atomic E-state index is 9.67. The average Bonchev–Trinajstić information content (AvgIpc) is 0.811. The van der Waals surface area contributed by atoms with Gasteiger partial charge in [-0.05, 0) is 0 Å². The van der Waals surface area contributed by atoms with E-state index in [9.17, 15) is 12.9 Å². The van der Waals surface area contributed by atoms with Gasteiger partial charge >= 0.3 is 7.54 Å². The summed E-state index contributed by atoms with van der Waals surface area (Å²) < 4.78 is 29.0. The summed E-state index contributed by atoms with van der Waals surface area (Å²) in [5.74, 6) is 0. The molecule has 0 aliphatic heterocycles. The molecule has 0 aliphatic rings. The Hall–Kier alpha value is 0.145. The minimum absolute atomic E-state index is 0. The molecule has 5 heteroatoms. The van der Waals surface area contributed by atoms with Crippen molar-refractivity contribution < 1.29 is 12.9 Å². The van der Waals surface area contributed by atoms with Gasteiger partial charge < -0.3 is 0 Å². The summed E-state index contributed by atoms with van der Waals surface area (Å²) in [6, 6.07) is 0. The van der Waals surface area contributed by atoms with Crippen LogP contribution in [0.4, 0.5) is 12.9 Å². The van der Waals surface area contributed by atoms with Crippen LogP contribution in [-0.4, -0.2) is 7.54 Å². The van der Waals surface area contributed by atoms with Crippen LogP contribution < -0.4 is 0 Å². The second kappa shape index (κ2) is 4.14. The van der Waals surface area contributed by atoms with Crippen LogP contribution in [0.15, 0.2) is 0 Å². The number of halogens is 4. The van der Waals surface area contributed by atoms with Gasteiger partial charge in [0.1, 0.15) is 0 Å². The molecule has 0 bridgehead atoms. The molecule has 0 saturated heterocycles. The largest absolute Gasteiger partial charge is 0.762 e. The van der Waals surface area contributed by atoms with Crippen molar-refractivity contribution in [1.29, 1.82) is 0 Å². The molecule has 0 aromatic heterocycles. The maximum Gasteiger partial charge on any atom is 0.762 e. The third-order valence-electron chi connectivity index (χ3n) is 0. The third-order valence-corrected chi connectivity index (χ3v) is 0. The summed E-state index contributed by atoms with van der Waals surface area (Å²) in [6.45, 7) is 0. The fourth-order valence-electron chi connectivity index (χ4n) is 0. The van der Waals surface area contributed by atoms with Crippen molar-refractivity contribution >= 4 is 20.0 Å². The normalized spacial score (nSPS) is 5.40. The van der Waals surface area contributed by atoms with E-state index in [-0.39, 0.29) is 12.4 Å². The van der Waals surface area contributed by atoms with Crippen LogP contribution in [0.5, 0.6) is 0 Å². The lowest BCUT2D eigenvalue weighted by molar-refractivity contribution is 0.535. The zero-order chi connectivity index (χ0) is 3.58. The smallest absolute Gasteiger partial charge is 0.254 e. The summed E-state index contributed by atoms with van der Waals surface area (Å²) in [7, 11) is -3.67. The Bertz CT molecular complexity index is 11.6. The van der Waals surface area contributed by atoms with Crippen molar-refractivity contribution in [2.45, 2.75) is 0 Å². The summed E-state index contributed by atoms with van der Waals surface area (Å²) in [5, 5.41) is 0. The molecule has 0 saturated carbocycles. The molecular formula is HBClF3. The first-order valence-electron chi connectivity index (χ1n) is 0.655. The predicted molar refractivity (Wildman–Crippen MR) is 16.3 cm³/mol. The SMILES string of the molecule is Cl.FB(F)F. The highest BCUT2D eigenvalue weighted by molar-refractivity contribution is 6.33. The van der Waals surface area contributed by atoms with Gasteiger partial charge in [0, 0.05) is 0 Å². The molecule has 0 nitrogen and oxygen atoms in total. The first kappa shape index (κ1) is 8.94. The van der Waals surface area contributed by atoms with E-state index in [1.807, 2.05) is 0 Å². The fourth-order valence-corrected chi connectivity index (χ4v) is 0. The van der Waals surface area contributed by atoms with Gasteiger partial charge in [0.05, 0.1) is 0 Å². The van der Waals surface area contributed by atoms with Gasteiger partial charge in [0.25, 0.3) is 0 Å². The van der Waals surface area contributed by atoms with Crippen LogP contribution in [0.3, 0.4) is 0 Å². The second-order valence-corrected chi connectivity index (χ2v) is 0.247. The van der Waals surface area contributed by atoms with Gasteiger partial charge in [-0.1, -0.05) is 0 Å². The molecule has 0 fully saturated rings. The van der Waals surface area contributed by atoms with E-state index in [2.05, 4.69) is 0 Å². The molecule has 5 heavy (non-hydrogen) atoms. The van der Waals surface area contributed by atoms with E-state index in [1.54, 1.807) is 0 Å². The molecule has 0 amide bonds. The standard InChI is InChI=1S/BF3.ClH/c2-1(3)4;/h;1H. The van der Waals surface area contributed by atoms with Crippen LogP contribution in [0.25, 0.3) is 0 Å². The predicted octanol–water partition coefficient (Wildman–Crippen LogP) is 1.30. The average molecular weight is 104 g/mol. The van der Waals surface area contributed by atoms with Gasteiger partial charge in [-0.25, -0.2) is 0 Å². The highest BCUT2D eigenvalue weighted by Crippen LogP contribution is 1.80. The minimum atomic E-state index is -3.67. The monoisotopic (exact) mass is 104 g/mol. The van der Waals surface area contributed by atoms with Gasteiger partial charge in [-0.15, -0.1) is 12.4 Å². The molecule has 32 valence electrons. The lowest BCUT2D eigenvalue weighted by atomic mass is 10.5. The molecule has 0 aliphatic carbocycles. The molecule has 0 rings (SSSR count). The van der Waals surface area contributed by atoms with Gasteiger partial charge in [0.2, 0.25) is 0 Å².